The van der Waals surface area contributed by atoms with E-state index in [0.717, 1.165) is 38.3 Å². The molecule has 1 heterocycles. The van der Waals surface area contributed by atoms with Crippen LogP contribution in [0.25, 0.3) is 0 Å². The van der Waals surface area contributed by atoms with Gasteiger partial charge in [0.25, 0.3) is 0 Å². The van der Waals surface area contributed by atoms with Gasteiger partial charge in [0.2, 0.25) is 0 Å². The number of nitrogens with zero attached hydrogens (tertiary/aromatic N) is 2. The zero-order valence-electron chi connectivity index (χ0n) is 12.4. The maximum Gasteiger partial charge on any atom is 0.124 e. The van der Waals surface area contributed by atoms with Gasteiger partial charge in [-0.1, -0.05) is 29.9 Å². The summed E-state index contributed by atoms with van der Waals surface area (Å²) in [5, 5.41) is 0.487. The molecule has 0 bridgehead atoms. The number of nitrogens with two attached hydrogens (primary N) is 1. The molecule has 6 heteroatoms. The van der Waals surface area contributed by atoms with Gasteiger partial charge in [0.05, 0.1) is 10.5 Å². The van der Waals surface area contributed by atoms with Gasteiger partial charge in [-0.15, -0.1) is 0 Å². The van der Waals surface area contributed by atoms with E-state index in [0.29, 0.717) is 10.0 Å². The zero-order chi connectivity index (χ0) is 15.6. The third-order valence-electron chi connectivity index (χ3n) is 4.17. The van der Waals surface area contributed by atoms with E-state index < -0.39 is 0 Å². The first-order valence-corrected chi connectivity index (χ1v) is 7.80. The number of piperazine rings is 1. The Balaban J connectivity index is 1.94. The molecule has 0 amide bonds. The van der Waals surface area contributed by atoms with E-state index in [1.807, 2.05) is 0 Å². The van der Waals surface area contributed by atoms with Crippen LogP contribution in [0.3, 0.4) is 0 Å². The fourth-order valence-electron chi connectivity index (χ4n) is 2.51. The van der Waals surface area contributed by atoms with E-state index >= 15 is 0 Å². The van der Waals surface area contributed by atoms with Crippen LogP contribution in [0.2, 0.25) is 5.02 Å². The molecule has 1 aliphatic rings. The van der Waals surface area contributed by atoms with Crippen molar-refractivity contribution in [1.82, 2.24) is 9.80 Å². The Labute approximate surface area is 135 Å². The summed E-state index contributed by atoms with van der Waals surface area (Å²) in [5.74, 6) is -0.299. The summed E-state index contributed by atoms with van der Waals surface area (Å²) < 4.78 is 13.1. The molecule has 21 heavy (non-hydrogen) atoms. The largest absolute Gasteiger partial charge is 0.392 e. The van der Waals surface area contributed by atoms with Gasteiger partial charge in [0, 0.05) is 37.7 Å². The van der Waals surface area contributed by atoms with Crippen molar-refractivity contribution >= 4 is 28.8 Å². The normalized spacial score (nSPS) is 17.9. The zero-order valence-corrected chi connectivity index (χ0v) is 14.0. The molecule has 1 aromatic rings. The van der Waals surface area contributed by atoms with Gasteiger partial charge in [-0.25, -0.2) is 4.39 Å². The Hall–Kier alpha value is -0.750. The van der Waals surface area contributed by atoms with Crippen molar-refractivity contribution in [3.63, 3.8) is 0 Å². The van der Waals surface area contributed by atoms with Crippen molar-refractivity contribution < 1.29 is 4.39 Å². The van der Waals surface area contributed by atoms with Gasteiger partial charge >= 0.3 is 0 Å². The van der Waals surface area contributed by atoms with Crippen LogP contribution in [0.15, 0.2) is 18.2 Å². The topological polar surface area (TPSA) is 32.5 Å². The summed E-state index contributed by atoms with van der Waals surface area (Å²) >= 11 is 11.2. The molecule has 1 aromatic carbocycles. The molecule has 0 unspecified atom stereocenters. The molecule has 1 aliphatic heterocycles. The van der Waals surface area contributed by atoms with Gasteiger partial charge in [-0.2, -0.15) is 0 Å². The van der Waals surface area contributed by atoms with Crippen molar-refractivity contribution in [3.8, 4) is 0 Å². The molecule has 2 N–H and O–H groups in total. The Kier molecular flexibility index (Phi) is 5.20. The molecule has 2 rings (SSSR count). The van der Waals surface area contributed by atoms with Gasteiger partial charge < -0.3 is 5.73 Å². The molecule has 0 atom stereocenters. The summed E-state index contributed by atoms with van der Waals surface area (Å²) in [6.45, 7) is 8.50. The second-order valence-corrected chi connectivity index (χ2v) is 6.77. The minimum Gasteiger partial charge on any atom is -0.392 e. The number of benzene rings is 1. The van der Waals surface area contributed by atoms with E-state index in [4.69, 9.17) is 29.6 Å². The molecule has 116 valence electrons. The lowest BCUT2D eigenvalue weighted by atomic mass is 10.0. The highest BCUT2D eigenvalue weighted by molar-refractivity contribution is 7.80. The minimum absolute atomic E-state index is 0.255. The van der Waals surface area contributed by atoms with Crippen molar-refractivity contribution in [2.75, 3.05) is 26.2 Å². The van der Waals surface area contributed by atoms with Crippen LogP contribution < -0.4 is 5.73 Å². The monoisotopic (exact) mass is 329 g/mol. The highest BCUT2D eigenvalue weighted by Crippen LogP contribution is 2.22. The number of thiocarbonyl (C=S) groups is 1. The van der Waals surface area contributed by atoms with Crippen molar-refractivity contribution in [2.45, 2.75) is 25.9 Å². The summed E-state index contributed by atoms with van der Waals surface area (Å²) in [6.07, 6.45) is 0. The maximum atomic E-state index is 13.1. The average molecular weight is 330 g/mol. The van der Waals surface area contributed by atoms with Gasteiger partial charge in [-0.05, 0) is 31.5 Å². The Morgan fingerprint density at radius 3 is 2.48 bits per heavy atom. The molecule has 1 saturated heterocycles. The molecular formula is C15H21ClFN3S. The molecule has 0 spiro atoms. The van der Waals surface area contributed by atoms with Crippen molar-refractivity contribution in [2.24, 2.45) is 5.73 Å². The van der Waals surface area contributed by atoms with Crippen LogP contribution in [0.1, 0.15) is 19.4 Å². The van der Waals surface area contributed by atoms with Crippen LogP contribution in [0, 0.1) is 5.82 Å². The SMILES string of the molecule is CC(C)(C(N)=S)N1CCN(Cc2ccc(F)cc2Cl)CC1. The number of hydrogen-bond donors (Lipinski definition) is 1. The average Bonchev–Trinajstić information content (AvgIpc) is 2.42. The van der Waals surface area contributed by atoms with E-state index in [2.05, 4.69) is 23.6 Å². The predicted molar refractivity (Wildman–Crippen MR) is 89.1 cm³/mol. The second-order valence-electron chi connectivity index (χ2n) is 5.92. The molecular weight excluding hydrogens is 309 g/mol. The van der Waals surface area contributed by atoms with E-state index in [1.54, 1.807) is 6.07 Å². The lowest BCUT2D eigenvalue weighted by molar-refractivity contribution is 0.0821. The molecule has 0 radical (unpaired) electrons. The molecule has 0 aromatic heterocycles. The summed E-state index contributed by atoms with van der Waals surface area (Å²) in [6, 6.07) is 4.57. The lowest BCUT2D eigenvalue weighted by Gasteiger charge is -2.43. The summed E-state index contributed by atoms with van der Waals surface area (Å²) in [4.78, 5) is 5.14. The standard InChI is InChI=1S/C15H21ClFN3S/c1-15(2,14(18)21)20-7-5-19(6-8-20)10-11-3-4-12(17)9-13(11)16/h3-4,9H,5-8,10H2,1-2H3,(H2,18,21). The quantitative estimate of drug-likeness (QED) is 0.861. The van der Waals surface area contributed by atoms with Crippen LogP contribution >= 0.6 is 23.8 Å². The van der Waals surface area contributed by atoms with Gasteiger partial charge in [0.1, 0.15) is 5.82 Å². The molecule has 3 nitrogen and oxygen atoms in total. The van der Waals surface area contributed by atoms with E-state index in [1.165, 1.54) is 12.1 Å². The van der Waals surface area contributed by atoms with Crippen molar-refractivity contribution in [3.05, 3.63) is 34.6 Å². The van der Waals surface area contributed by atoms with Crippen molar-refractivity contribution in [1.29, 1.82) is 0 Å². The maximum absolute atomic E-state index is 13.1. The second kappa shape index (κ2) is 6.57. The highest BCUT2D eigenvalue weighted by atomic mass is 35.5. The third kappa shape index (κ3) is 3.92. The Morgan fingerprint density at radius 2 is 1.95 bits per heavy atom. The fraction of sp³-hybridized carbons (Fsp3) is 0.533. The first kappa shape index (κ1) is 16.6. The predicted octanol–water partition coefficient (Wildman–Crippen LogP) is 2.66. The van der Waals surface area contributed by atoms with Crippen LogP contribution in [0.5, 0.6) is 0 Å². The van der Waals surface area contributed by atoms with E-state index in [-0.39, 0.29) is 11.4 Å². The third-order valence-corrected chi connectivity index (χ3v) is 5.03. The summed E-state index contributed by atoms with van der Waals surface area (Å²) in [5.41, 5.74) is 6.52. The lowest BCUT2D eigenvalue weighted by Crippen LogP contribution is -2.59. The Bertz CT molecular complexity index is 528. The van der Waals surface area contributed by atoms with Gasteiger partial charge in [-0.3, -0.25) is 9.80 Å². The minimum atomic E-state index is -0.299. The highest BCUT2D eigenvalue weighted by Gasteiger charge is 2.32. The van der Waals surface area contributed by atoms with Crippen LogP contribution in [-0.2, 0) is 6.54 Å². The summed E-state index contributed by atoms with van der Waals surface area (Å²) in [7, 11) is 0. The molecule has 0 saturated carbocycles. The molecule has 0 aliphatic carbocycles. The fourth-order valence-corrected chi connectivity index (χ4v) is 2.87. The van der Waals surface area contributed by atoms with Crippen LogP contribution in [0.4, 0.5) is 4.39 Å². The first-order chi connectivity index (χ1) is 9.80. The van der Waals surface area contributed by atoms with E-state index in [9.17, 15) is 4.39 Å². The number of rotatable bonds is 4. The van der Waals surface area contributed by atoms with Crippen LogP contribution in [-0.4, -0.2) is 46.5 Å². The Morgan fingerprint density at radius 1 is 1.33 bits per heavy atom. The number of hydrogen-bond acceptors (Lipinski definition) is 3. The smallest absolute Gasteiger partial charge is 0.124 e. The first-order valence-electron chi connectivity index (χ1n) is 7.02. The number of halogens is 2. The van der Waals surface area contributed by atoms with Gasteiger partial charge in [0.15, 0.2) is 0 Å². The molecule has 1 fully saturated rings.